The standard InChI is InChI=1S/C13H26S/c1-12(2,3)10-7-11(9-14-8-10)13(4,5)6/h10-11H,7-9H2,1-6H3. The predicted octanol–water partition coefficient (Wildman–Crippen LogP) is 4.45. The predicted molar refractivity (Wildman–Crippen MR) is 67.8 cm³/mol. The van der Waals surface area contributed by atoms with Crippen LogP contribution in [-0.2, 0) is 0 Å². The second kappa shape index (κ2) is 4.08. The zero-order chi connectivity index (χ0) is 11.0. The molecule has 1 saturated heterocycles. The lowest BCUT2D eigenvalue weighted by Gasteiger charge is -2.42. The van der Waals surface area contributed by atoms with Gasteiger partial charge in [0.15, 0.2) is 0 Å². The summed E-state index contributed by atoms with van der Waals surface area (Å²) in [4.78, 5) is 0. The van der Waals surface area contributed by atoms with Crippen molar-refractivity contribution >= 4 is 11.8 Å². The molecule has 0 aliphatic carbocycles. The van der Waals surface area contributed by atoms with E-state index in [1.165, 1.54) is 17.9 Å². The molecular formula is C13H26S. The van der Waals surface area contributed by atoms with E-state index in [1.54, 1.807) is 0 Å². The largest absolute Gasteiger partial charge is 0.161 e. The van der Waals surface area contributed by atoms with Gasteiger partial charge in [-0.3, -0.25) is 0 Å². The summed E-state index contributed by atoms with van der Waals surface area (Å²) in [7, 11) is 0. The number of rotatable bonds is 0. The van der Waals surface area contributed by atoms with Gasteiger partial charge in [0.25, 0.3) is 0 Å². The molecule has 0 amide bonds. The van der Waals surface area contributed by atoms with Crippen LogP contribution in [0.25, 0.3) is 0 Å². The smallest absolute Gasteiger partial charge is 0.00339 e. The number of thioether (sulfide) groups is 1. The van der Waals surface area contributed by atoms with E-state index >= 15 is 0 Å². The van der Waals surface area contributed by atoms with Crippen molar-refractivity contribution in [3.05, 3.63) is 0 Å². The Bertz CT molecular complexity index is 162. The summed E-state index contributed by atoms with van der Waals surface area (Å²) >= 11 is 2.16. The Hall–Kier alpha value is 0.350. The van der Waals surface area contributed by atoms with E-state index in [0.717, 1.165) is 11.8 Å². The maximum Gasteiger partial charge on any atom is -0.00339 e. The molecule has 0 nitrogen and oxygen atoms in total. The molecule has 0 aromatic heterocycles. The molecule has 1 rings (SSSR count). The van der Waals surface area contributed by atoms with Crippen molar-refractivity contribution < 1.29 is 0 Å². The molecule has 0 radical (unpaired) electrons. The van der Waals surface area contributed by atoms with Gasteiger partial charge in [-0.05, 0) is 40.6 Å². The first-order valence-electron chi connectivity index (χ1n) is 5.79. The molecule has 1 heteroatoms. The summed E-state index contributed by atoms with van der Waals surface area (Å²) in [6.07, 6.45) is 1.43. The van der Waals surface area contributed by atoms with Crippen molar-refractivity contribution in [2.45, 2.75) is 48.0 Å². The van der Waals surface area contributed by atoms with Gasteiger partial charge in [-0.15, -0.1) is 0 Å². The van der Waals surface area contributed by atoms with Crippen molar-refractivity contribution in [2.75, 3.05) is 11.5 Å². The fraction of sp³-hybridized carbons (Fsp3) is 1.00. The normalized spacial score (nSPS) is 30.4. The van der Waals surface area contributed by atoms with E-state index in [-0.39, 0.29) is 0 Å². The fourth-order valence-electron chi connectivity index (χ4n) is 2.04. The molecule has 2 unspecified atom stereocenters. The molecule has 1 heterocycles. The Morgan fingerprint density at radius 3 is 1.43 bits per heavy atom. The zero-order valence-corrected chi connectivity index (χ0v) is 11.5. The van der Waals surface area contributed by atoms with E-state index in [2.05, 4.69) is 53.3 Å². The van der Waals surface area contributed by atoms with Crippen LogP contribution in [-0.4, -0.2) is 11.5 Å². The summed E-state index contributed by atoms with van der Waals surface area (Å²) in [6.45, 7) is 14.4. The molecule has 0 saturated carbocycles. The van der Waals surface area contributed by atoms with E-state index in [9.17, 15) is 0 Å². The maximum atomic E-state index is 2.39. The first-order valence-corrected chi connectivity index (χ1v) is 6.94. The van der Waals surface area contributed by atoms with Crippen LogP contribution in [0.5, 0.6) is 0 Å². The molecule has 84 valence electrons. The van der Waals surface area contributed by atoms with Crippen LogP contribution in [0.1, 0.15) is 48.0 Å². The van der Waals surface area contributed by atoms with Gasteiger partial charge < -0.3 is 0 Å². The van der Waals surface area contributed by atoms with Crippen molar-refractivity contribution in [3.63, 3.8) is 0 Å². The highest BCUT2D eigenvalue weighted by molar-refractivity contribution is 7.99. The minimum atomic E-state index is 0.497. The van der Waals surface area contributed by atoms with E-state index in [1.807, 2.05) is 0 Å². The highest BCUT2D eigenvalue weighted by atomic mass is 32.2. The highest BCUT2D eigenvalue weighted by Crippen LogP contribution is 2.44. The molecule has 0 aromatic rings. The Kier molecular flexibility index (Phi) is 3.62. The van der Waals surface area contributed by atoms with Gasteiger partial charge in [0.1, 0.15) is 0 Å². The molecule has 0 aromatic carbocycles. The van der Waals surface area contributed by atoms with Gasteiger partial charge in [0, 0.05) is 0 Å². The minimum absolute atomic E-state index is 0.497. The molecule has 1 aliphatic rings. The summed E-state index contributed by atoms with van der Waals surface area (Å²) in [6, 6.07) is 0. The molecule has 14 heavy (non-hydrogen) atoms. The van der Waals surface area contributed by atoms with Crippen molar-refractivity contribution in [1.29, 1.82) is 0 Å². The van der Waals surface area contributed by atoms with Gasteiger partial charge in [0.2, 0.25) is 0 Å². The Labute approximate surface area is 94.2 Å². The third-order valence-corrected chi connectivity index (χ3v) is 4.93. The van der Waals surface area contributed by atoms with Crippen LogP contribution < -0.4 is 0 Å². The van der Waals surface area contributed by atoms with Crippen LogP contribution in [0.3, 0.4) is 0 Å². The SMILES string of the molecule is CC(C)(C)C1CSCC(C(C)(C)C)C1. The molecular weight excluding hydrogens is 188 g/mol. The lowest BCUT2D eigenvalue weighted by atomic mass is 9.70. The van der Waals surface area contributed by atoms with Gasteiger partial charge in [-0.2, -0.15) is 11.8 Å². The molecule has 0 bridgehead atoms. The molecule has 0 spiro atoms. The van der Waals surface area contributed by atoms with Gasteiger partial charge >= 0.3 is 0 Å². The highest BCUT2D eigenvalue weighted by Gasteiger charge is 2.35. The molecule has 1 aliphatic heterocycles. The van der Waals surface area contributed by atoms with Gasteiger partial charge in [-0.1, -0.05) is 41.5 Å². The van der Waals surface area contributed by atoms with Crippen LogP contribution in [0.15, 0.2) is 0 Å². The monoisotopic (exact) mass is 214 g/mol. The molecule has 0 N–H and O–H groups in total. The average Bonchev–Trinajstić information content (AvgIpc) is 2.01. The summed E-state index contributed by atoms with van der Waals surface area (Å²) in [5, 5.41) is 0. The van der Waals surface area contributed by atoms with Crippen LogP contribution >= 0.6 is 11.8 Å². The zero-order valence-electron chi connectivity index (χ0n) is 10.7. The molecule has 2 atom stereocenters. The first-order chi connectivity index (χ1) is 6.21. The Morgan fingerprint density at radius 1 is 0.786 bits per heavy atom. The van der Waals surface area contributed by atoms with Crippen LogP contribution in [0, 0.1) is 22.7 Å². The average molecular weight is 214 g/mol. The lowest BCUT2D eigenvalue weighted by Crippen LogP contribution is -2.35. The van der Waals surface area contributed by atoms with Crippen molar-refractivity contribution in [2.24, 2.45) is 22.7 Å². The van der Waals surface area contributed by atoms with Crippen LogP contribution in [0.2, 0.25) is 0 Å². The van der Waals surface area contributed by atoms with Crippen molar-refractivity contribution in [1.82, 2.24) is 0 Å². The van der Waals surface area contributed by atoms with Gasteiger partial charge in [-0.25, -0.2) is 0 Å². The maximum absolute atomic E-state index is 2.39. The van der Waals surface area contributed by atoms with E-state index in [4.69, 9.17) is 0 Å². The van der Waals surface area contributed by atoms with Gasteiger partial charge in [0.05, 0.1) is 0 Å². The Morgan fingerprint density at radius 2 is 1.14 bits per heavy atom. The molecule has 1 fully saturated rings. The number of hydrogen-bond donors (Lipinski definition) is 0. The van der Waals surface area contributed by atoms with E-state index < -0.39 is 0 Å². The Balaban J connectivity index is 2.61. The second-order valence-electron chi connectivity index (χ2n) is 6.90. The third-order valence-electron chi connectivity index (χ3n) is 3.66. The number of hydrogen-bond acceptors (Lipinski definition) is 1. The van der Waals surface area contributed by atoms with Crippen molar-refractivity contribution in [3.8, 4) is 0 Å². The third kappa shape index (κ3) is 3.18. The fourth-order valence-corrected chi connectivity index (χ4v) is 4.02. The lowest BCUT2D eigenvalue weighted by molar-refractivity contribution is 0.156. The summed E-state index contributed by atoms with van der Waals surface area (Å²) < 4.78 is 0. The topological polar surface area (TPSA) is 0 Å². The summed E-state index contributed by atoms with van der Waals surface area (Å²) in [5.74, 6) is 4.56. The summed E-state index contributed by atoms with van der Waals surface area (Å²) in [5.41, 5.74) is 0.994. The first kappa shape index (κ1) is 12.4. The van der Waals surface area contributed by atoms with Crippen LogP contribution in [0.4, 0.5) is 0 Å². The van der Waals surface area contributed by atoms with E-state index in [0.29, 0.717) is 10.8 Å². The minimum Gasteiger partial charge on any atom is -0.161 e. The second-order valence-corrected chi connectivity index (χ2v) is 7.97. The quantitative estimate of drug-likeness (QED) is 0.574.